The van der Waals surface area contributed by atoms with E-state index in [9.17, 15) is 39.9 Å². The Morgan fingerprint density at radius 3 is 2.26 bits per heavy atom. The van der Waals surface area contributed by atoms with Crippen molar-refractivity contribution in [2.24, 2.45) is 17.6 Å². The monoisotopic (exact) mass is 574 g/mol. The number of carbonyl (C=O) groups excluding carboxylic acids is 3. The first-order valence-electron chi connectivity index (χ1n) is 13.7. The van der Waals surface area contributed by atoms with E-state index in [0.717, 1.165) is 12.0 Å². The second-order valence-electron chi connectivity index (χ2n) is 11.4. The fraction of sp³-hybridized carbons (Fsp3) is 0.344. The number of aliphatic hydroxyl groups excluding tert-OH is 3. The fourth-order valence-corrected chi connectivity index (χ4v) is 6.82. The molecule has 0 bridgehead atoms. The van der Waals surface area contributed by atoms with E-state index in [2.05, 4.69) is 6.92 Å². The van der Waals surface area contributed by atoms with Gasteiger partial charge in [0.2, 0.25) is 5.78 Å². The summed E-state index contributed by atoms with van der Waals surface area (Å²) in [5, 5.41) is 57.3. The number of aryl methyl sites for hydroxylation is 1. The van der Waals surface area contributed by atoms with Gasteiger partial charge < -0.3 is 31.3 Å². The standard InChI is InChI=1S/C32H34N2O8/c1-5-15-6-8-16(9-7-15)10-11-17-12-13-18-14(2)19-21(26(36)20(18)25(17)35)29(39)32(42)23(27(19)37)24(34(3)4)28(38)22(30(32)40)31(33)41/h6-14,19,23-24,27,35-37,40,42H,5H2,1-4H3,(H2,33,41)/b11-10+/t14-,19+,23+,24-,27-,32-/m0/s1. The Hall–Kier alpha value is -4.25. The number of nitrogens with two attached hydrogens (primary N) is 1. The molecule has 10 nitrogen and oxygen atoms in total. The number of rotatable bonds is 5. The molecule has 0 aromatic heterocycles. The molecule has 0 saturated heterocycles. The van der Waals surface area contributed by atoms with Gasteiger partial charge in [0, 0.05) is 17.1 Å². The van der Waals surface area contributed by atoms with Gasteiger partial charge in [-0.05, 0) is 43.1 Å². The number of hydrogen-bond acceptors (Lipinski definition) is 9. The minimum Gasteiger partial charge on any atom is -0.508 e. The number of benzene rings is 2. The average molecular weight is 575 g/mol. The van der Waals surface area contributed by atoms with Gasteiger partial charge in [0.05, 0.1) is 23.6 Å². The number of phenolic OH excluding ortho intramolecular Hbond substituents is 1. The van der Waals surface area contributed by atoms with Crippen LogP contribution in [0.3, 0.4) is 0 Å². The molecule has 3 aliphatic rings. The minimum atomic E-state index is -2.94. The Morgan fingerprint density at radius 1 is 1.05 bits per heavy atom. The summed E-state index contributed by atoms with van der Waals surface area (Å²) >= 11 is 0. The Morgan fingerprint density at radius 2 is 1.69 bits per heavy atom. The highest BCUT2D eigenvalue weighted by atomic mass is 16.4. The van der Waals surface area contributed by atoms with Gasteiger partial charge >= 0.3 is 0 Å². The summed E-state index contributed by atoms with van der Waals surface area (Å²) in [6, 6.07) is 9.82. The maximum atomic E-state index is 14.1. The highest BCUT2D eigenvalue weighted by Gasteiger charge is 2.68. The summed E-state index contributed by atoms with van der Waals surface area (Å²) < 4.78 is 0. The van der Waals surface area contributed by atoms with Crippen molar-refractivity contribution < 1.29 is 39.9 Å². The van der Waals surface area contributed by atoms with Crippen molar-refractivity contribution in [1.82, 2.24) is 4.90 Å². The number of Topliss-reactive ketones (excluding diaryl/α,β-unsaturated/α-hetero) is 2. The Kier molecular flexibility index (Phi) is 7.13. The van der Waals surface area contributed by atoms with Crippen molar-refractivity contribution >= 4 is 35.4 Å². The van der Waals surface area contributed by atoms with Crippen LogP contribution in [0, 0.1) is 11.8 Å². The lowest BCUT2D eigenvalue weighted by atomic mass is 9.54. The molecule has 0 radical (unpaired) electrons. The van der Waals surface area contributed by atoms with Crippen LogP contribution in [0.2, 0.25) is 0 Å². The van der Waals surface area contributed by atoms with E-state index in [4.69, 9.17) is 5.73 Å². The van der Waals surface area contributed by atoms with E-state index in [0.29, 0.717) is 11.1 Å². The van der Waals surface area contributed by atoms with E-state index in [1.165, 1.54) is 24.6 Å². The highest BCUT2D eigenvalue weighted by Crippen LogP contribution is 2.56. The van der Waals surface area contributed by atoms with E-state index < -0.39 is 75.6 Å². The lowest BCUT2D eigenvalue weighted by Gasteiger charge is -2.53. The first kappa shape index (κ1) is 29.2. The molecular weight excluding hydrogens is 540 g/mol. The highest BCUT2D eigenvalue weighted by molar-refractivity contribution is 6.24. The lowest BCUT2D eigenvalue weighted by Crippen LogP contribution is -2.70. The van der Waals surface area contributed by atoms with Crippen molar-refractivity contribution in [1.29, 1.82) is 0 Å². The van der Waals surface area contributed by atoms with Crippen molar-refractivity contribution in [2.75, 3.05) is 14.1 Å². The van der Waals surface area contributed by atoms with Crippen LogP contribution in [0.25, 0.3) is 17.9 Å². The molecule has 1 amide bonds. The summed E-state index contributed by atoms with van der Waals surface area (Å²) in [7, 11) is 2.93. The molecular formula is C32H34N2O8. The van der Waals surface area contributed by atoms with E-state index in [-0.39, 0.29) is 11.3 Å². The van der Waals surface area contributed by atoms with Gasteiger partial charge in [-0.25, -0.2) is 0 Å². The molecule has 3 aliphatic carbocycles. The molecule has 10 heteroatoms. The largest absolute Gasteiger partial charge is 0.508 e. The van der Waals surface area contributed by atoms with Crippen LogP contribution in [0.4, 0.5) is 0 Å². The molecule has 0 heterocycles. The smallest absolute Gasteiger partial charge is 0.255 e. The van der Waals surface area contributed by atoms with E-state index >= 15 is 0 Å². The van der Waals surface area contributed by atoms with Gasteiger partial charge in [0.25, 0.3) is 5.91 Å². The molecule has 0 spiro atoms. The molecule has 1 fully saturated rings. The lowest BCUT2D eigenvalue weighted by molar-refractivity contribution is -0.169. The third-order valence-corrected chi connectivity index (χ3v) is 9.00. The van der Waals surface area contributed by atoms with Gasteiger partial charge in [-0.3, -0.25) is 19.3 Å². The molecule has 2 aromatic carbocycles. The summed E-state index contributed by atoms with van der Waals surface area (Å²) in [5.41, 5.74) is 3.85. The second kappa shape index (κ2) is 10.2. The summed E-state index contributed by atoms with van der Waals surface area (Å²) in [5.74, 6) is -9.09. The average Bonchev–Trinajstić information content (AvgIpc) is 2.94. The Balaban J connectivity index is 1.68. The number of likely N-dealkylation sites (N-methyl/N-ethyl adjacent to an activating group) is 1. The number of hydrogen-bond donors (Lipinski definition) is 6. The first-order valence-corrected chi connectivity index (χ1v) is 13.7. The van der Waals surface area contributed by atoms with Gasteiger partial charge in [-0.2, -0.15) is 0 Å². The SMILES string of the molecule is CCc1ccc(/C=C/c2ccc3c(c2O)C(O)=C2C(=O)[C@]4(O)C(O)=C(C(N)=O)C(=O)[C@@H](N(C)C)[C@@H]4[C@@H](O)[C@@H]2[C@H]3C)cc1. The zero-order valence-corrected chi connectivity index (χ0v) is 23.7. The number of phenols is 1. The third kappa shape index (κ3) is 4.01. The van der Waals surface area contributed by atoms with Gasteiger partial charge in [0.1, 0.15) is 22.8 Å². The number of carbonyl (C=O) groups is 3. The van der Waals surface area contributed by atoms with Crippen molar-refractivity contribution in [3.8, 4) is 5.75 Å². The first-order chi connectivity index (χ1) is 19.8. The van der Waals surface area contributed by atoms with Crippen molar-refractivity contribution in [2.45, 2.75) is 43.9 Å². The molecule has 5 rings (SSSR count). The molecule has 0 aliphatic heterocycles. The van der Waals surface area contributed by atoms with Gasteiger partial charge in [0.15, 0.2) is 11.4 Å². The molecule has 6 atom stereocenters. The van der Waals surface area contributed by atoms with Gasteiger partial charge in [-0.1, -0.05) is 62.4 Å². The second-order valence-corrected chi connectivity index (χ2v) is 11.4. The molecule has 42 heavy (non-hydrogen) atoms. The summed E-state index contributed by atoms with van der Waals surface area (Å²) in [4.78, 5) is 40.8. The number of aliphatic hydroxyl groups is 4. The minimum absolute atomic E-state index is 0.0468. The zero-order valence-electron chi connectivity index (χ0n) is 23.7. The normalized spacial score (nSPS) is 29.2. The van der Waals surface area contributed by atoms with Crippen LogP contribution in [0.1, 0.15) is 47.6 Å². The number of ketones is 2. The van der Waals surface area contributed by atoms with Crippen LogP contribution < -0.4 is 5.73 Å². The Labute approximate surface area is 242 Å². The summed E-state index contributed by atoms with van der Waals surface area (Å²) in [6.45, 7) is 3.75. The molecule has 0 unspecified atom stereocenters. The van der Waals surface area contributed by atoms with Crippen molar-refractivity contribution in [3.63, 3.8) is 0 Å². The third-order valence-electron chi connectivity index (χ3n) is 9.00. The number of amides is 1. The topological polar surface area (TPSA) is 182 Å². The maximum Gasteiger partial charge on any atom is 0.255 e. The fourth-order valence-electron chi connectivity index (χ4n) is 6.82. The Bertz CT molecular complexity index is 1600. The quantitative estimate of drug-likeness (QED) is 0.230. The molecule has 220 valence electrons. The van der Waals surface area contributed by atoms with Crippen LogP contribution in [-0.4, -0.2) is 79.7 Å². The van der Waals surface area contributed by atoms with Crippen LogP contribution in [0.5, 0.6) is 5.75 Å². The van der Waals surface area contributed by atoms with Crippen LogP contribution in [0.15, 0.2) is 53.3 Å². The van der Waals surface area contributed by atoms with Gasteiger partial charge in [-0.15, -0.1) is 0 Å². The number of fused-ring (bicyclic) bond motifs is 3. The van der Waals surface area contributed by atoms with E-state index in [1.807, 2.05) is 24.3 Å². The number of aromatic hydroxyl groups is 1. The molecule has 2 aromatic rings. The number of nitrogens with zero attached hydrogens (tertiary/aromatic N) is 1. The van der Waals surface area contributed by atoms with Crippen LogP contribution in [-0.2, 0) is 20.8 Å². The molecule has 7 N–H and O–H groups in total. The predicted molar refractivity (Wildman–Crippen MR) is 155 cm³/mol. The zero-order chi connectivity index (χ0) is 30.8. The molecule has 1 saturated carbocycles. The predicted octanol–water partition coefficient (Wildman–Crippen LogP) is 2.23. The summed E-state index contributed by atoms with van der Waals surface area (Å²) in [6.07, 6.45) is 2.72. The maximum absolute atomic E-state index is 14.1. The van der Waals surface area contributed by atoms with Crippen LogP contribution >= 0.6 is 0 Å². The number of primary amides is 1. The van der Waals surface area contributed by atoms with E-state index in [1.54, 1.807) is 31.2 Å². The van der Waals surface area contributed by atoms with Crippen molar-refractivity contribution in [3.05, 3.63) is 81.1 Å².